The SMILES string of the molecule is O=C(Cc1csc(NC(=O)c2ccccc2F)n1)NCc1ccc(Oc2cccc(F)c2)nc1. The zero-order valence-electron chi connectivity index (χ0n) is 17.6. The van der Waals surface area contributed by atoms with E-state index in [0.717, 1.165) is 16.9 Å². The van der Waals surface area contributed by atoms with E-state index in [4.69, 9.17) is 4.74 Å². The molecule has 172 valence electrons. The van der Waals surface area contributed by atoms with Gasteiger partial charge in [-0.15, -0.1) is 11.3 Å². The average Bonchev–Trinajstić information content (AvgIpc) is 3.25. The molecular weight excluding hydrogens is 462 g/mol. The second-order valence-electron chi connectivity index (χ2n) is 7.10. The van der Waals surface area contributed by atoms with Crippen molar-refractivity contribution in [1.29, 1.82) is 0 Å². The van der Waals surface area contributed by atoms with Crippen molar-refractivity contribution in [2.75, 3.05) is 5.32 Å². The summed E-state index contributed by atoms with van der Waals surface area (Å²) in [7, 11) is 0. The van der Waals surface area contributed by atoms with Crippen LogP contribution in [-0.4, -0.2) is 21.8 Å². The highest BCUT2D eigenvalue weighted by molar-refractivity contribution is 7.14. The number of thiazole rings is 1. The van der Waals surface area contributed by atoms with Gasteiger partial charge < -0.3 is 10.1 Å². The Labute approximate surface area is 197 Å². The van der Waals surface area contributed by atoms with Gasteiger partial charge in [-0.3, -0.25) is 14.9 Å². The molecule has 0 spiro atoms. The van der Waals surface area contributed by atoms with E-state index in [1.807, 2.05) is 0 Å². The number of nitrogens with one attached hydrogen (secondary N) is 2. The molecule has 0 saturated heterocycles. The Bertz CT molecular complexity index is 1310. The minimum absolute atomic E-state index is 0.0141. The van der Waals surface area contributed by atoms with Crippen LogP contribution < -0.4 is 15.4 Å². The number of ether oxygens (including phenoxy) is 1. The number of hydrogen-bond acceptors (Lipinski definition) is 6. The van der Waals surface area contributed by atoms with Gasteiger partial charge in [-0.25, -0.2) is 18.7 Å². The van der Waals surface area contributed by atoms with Crippen molar-refractivity contribution >= 4 is 28.3 Å². The van der Waals surface area contributed by atoms with Gasteiger partial charge in [-0.2, -0.15) is 0 Å². The molecule has 2 aromatic heterocycles. The van der Waals surface area contributed by atoms with Crippen LogP contribution >= 0.6 is 11.3 Å². The van der Waals surface area contributed by atoms with Crippen LogP contribution in [0.25, 0.3) is 0 Å². The first-order valence-electron chi connectivity index (χ1n) is 10.1. The van der Waals surface area contributed by atoms with E-state index in [1.165, 1.54) is 36.4 Å². The zero-order valence-corrected chi connectivity index (χ0v) is 18.4. The third-order valence-corrected chi connectivity index (χ3v) is 5.34. The summed E-state index contributed by atoms with van der Waals surface area (Å²) in [5.74, 6) is -1.27. The molecule has 4 rings (SSSR count). The quantitative estimate of drug-likeness (QED) is 0.381. The monoisotopic (exact) mass is 480 g/mol. The average molecular weight is 480 g/mol. The molecule has 34 heavy (non-hydrogen) atoms. The second kappa shape index (κ2) is 10.6. The number of benzene rings is 2. The van der Waals surface area contributed by atoms with Crippen LogP contribution in [0.3, 0.4) is 0 Å². The highest BCUT2D eigenvalue weighted by Gasteiger charge is 2.14. The molecule has 0 saturated carbocycles. The summed E-state index contributed by atoms with van der Waals surface area (Å²) in [6, 6.07) is 14.7. The summed E-state index contributed by atoms with van der Waals surface area (Å²) < 4.78 is 32.4. The number of carbonyl (C=O) groups is 2. The van der Waals surface area contributed by atoms with Gasteiger partial charge in [0.2, 0.25) is 11.8 Å². The molecule has 0 radical (unpaired) electrons. The first-order valence-corrected chi connectivity index (χ1v) is 11.0. The largest absolute Gasteiger partial charge is 0.439 e. The predicted molar refractivity (Wildman–Crippen MR) is 123 cm³/mol. The van der Waals surface area contributed by atoms with Crippen molar-refractivity contribution < 1.29 is 23.1 Å². The maximum absolute atomic E-state index is 13.7. The van der Waals surface area contributed by atoms with Crippen molar-refractivity contribution in [2.24, 2.45) is 0 Å². The first kappa shape index (κ1) is 23.0. The number of anilines is 1. The molecule has 2 amide bonds. The minimum atomic E-state index is -0.626. The van der Waals surface area contributed by atoms with E-state index >= 15 is 0 Å². The molecule has 2 N–H and O–H groups in total. The van der Waals surface area contributed by atoms with Crippen molar-refractivity contribution in [1.82, 2.24) is 15.3 Å². The fraction of sp³-hybridized carbons (Fsp3) is 0.0833. The van der Waals surface area contributed by atoms with E-state index < -0.39 is 17.5 Å². The van der Waals surface area contributed by atoms with Crippen LogP contribution in [0.4, 0.5) is 13.9 Å². The van der Waals surface area contributed by atoms with E-state index in [1.54, 1.807) is 35.8 Å². The van der Waals surface area contributed by atoms with Gasteiger partial charge in [0.05, 0.1) is 17.7 Å². The van der Waals surface area contributed by atoms with Crippen LogP contribution in [0.5, 0.6) is 11.6 Å². The Morgan fingerprint density at radius 2 is 1.88 bits per heavy atom. The minimum Gasteiger partial charge on any atom is -0.439 e. The molecular formula is C24H18F2N4O3S. The molecule has 0 aliphatic rings. The smallest absolute Gasteiger partial charge is 0.260 e. The number of nitrogens with zero attached hydrogens (tertiary/aromatic N) is 2. The van der Waals surface area contributed by atoms with Gasteiger partial charge >= 0.3 is 0 Å². The second-order valence-corrected chi connectivity index (χ2v) is 7.95. The molecule has 0 atom stereocenters. The van der Waals surface area contributed by atoms with Gasteiger partial charge in [0.25, 0.3) is 5.91 Å². The summed E-state index contributed by atoms with van der Waals surface area (Å²) in [5.41, 5.74) is 1.14. The molecule has 0 aliphatic carbocycles. The van der Waals surface area contributed by atoms with Gasteiger partial charge in [0.1, 0.15) is 17.4 Å². The van der Waals surface area contributed by atoms with Crippen molar-refractivity contribution in [3.8, 4) is 11.6 Å². The van der Waals surface area contributed by atoms with Crippen LogP contribution in [0.2, 0.25) is 0 Å². The zero-order chi connectivity index (χ0) is 23.9. The summed E-state index contributed by atoms with van der Waals surface area (Å²) >= 11 is 1.15. The third-order valence-electron chi connectivity index (χ3n) is 4.54. The van der Waals surface area contributed by atoms with Gasteiger partial charge in [-0.05, 0) is 29.8 Å². The number of hydrogen-bond donors (Lipinski definition) is 2. The van der Waals surface area contributed by atoms with E-state index in [9.17, 15) is 18.4 Å². The number of pyridine rings is 1. The molecule has 0 bridgehead atoms. The molecule has 4 aromatic rings. The van der Waals surface area contributed by atoms with Crippen molar-refractivity contribution in [3.05, 3.63) is 101 Å². The molecule has 2 aromatic carbocycles. The van der Waals surface area contributed by atoms with Crippen molar-refractivity contribution in [3.63, 3.8) is 0 Å². The molecule has 2 heterocycles. The van der Waals surface area contributed by atoms with Crippen LogP contribution in [0.15, 0.2) is 72.2 Å². The fourth-order valence-electron chi connectivity index (χ4n) is 2.91. The number of aromatic nitrogens is 2. The lowest BCUT2D eigenvalue weighted by Crippen LogP contribution is -2.24. The predicted octanol–water partition coefficient (Wildman–Crippen LogP) is 4.72. The fourth-order valence-corrected chi connectivity index (χ4v) is 3.62. The van der Waals surface area contributed by atoms with Crippen LogP contribution in [0, 0.1) is 11.6 Å². The molecule has 0 fully saturated rings. The Morgan fingerprint density at radius 1 is 1.03 bits per heavy atom. The number of rotatable bonds is 8. The van der Waals surface area contributed by atoms with Crippen LogP contribution in [0.1, 0.15) is 21.6 Å². The van der Waals surface area contributed by atoms with E-state index in [2.05, 4.69) is 20.6 Å². The molecule has 7 nitrogen and oxygen atoms in total. The Kier molecular flexibility index (Phi) is 7.19. The number of carbonyl (C=O) groups excluding carboxylic acids is 2. The Balaban J connectivity index is 1.25. The Morgan fingerprint density at radius 3 is 2.65 bits per heavy atom. The lowest BCUT2D eigenvalue weighted by molar-refractivity contribution is -0.120. The third kappa shape index (κ3) is 6.20. The topological polar surface area (TPSA) is 93.2 Å². The highest BCUT2D eigenvalue weighted by atomic mass is 32.1. The lowest BCUT2D eigenvalue weighted by atomic mass is 10.2. The standard InChI is InChI=1S/C24H18F2N4O3S/c25-16-4-3-5-18(10-16)33-22-9-8-15(13-28-22)12-27-21(31)11-17-14-34-24(29-17)30-23(32)19-6-1-2-7-20(19)26/h1-10,13-14H,11-12H2,(H,27,31)(H,29,30,32). The lowest BCUT2D eigenvalue weighted by Gasteiger charge is -2.07. The summed E-state index contributed by atoms with van der Waals surface area (Å²) in [6.07, 6.45) is 1.56. The normalized spacial score (nSPS) is 10.5. The van der Waals surface area contributed by atoms with Crippen molar-refractivity contribution in [2.45, 2.75) is 13.0 Å². The molecule has 0 aliphatic heterocycles. The van der Waals surface area contributed by atoms with Gasteiger partial charge in [0.15, 0.2) is 5.13 Å². The molecule has 0 unspecified atom stereocenters. The maximum Gasteiger partial charge on any atom is 0.260 e. The summed E-state index contributed by atoms with van der Waals surface area (Å²) in [5, 5.41) is 7.22. The van der Waals surface area contributed by atoms with Gasteiger partial charge in [0, 0.05) is 30.3 Å². The van der Waals surface area contributed by atoms with E-state index in [-0.39, 0.29) is 29.6 Å². The Hall–Kier alpha value is -4.18. The van der Waals surface area contributed by atoms with Crippen LogP contribution in [-0.2, 0) is 17.8 Å². The van der Waals surface area contributed by atoms with E-state index in [0.29, 0.717) is 17.3 Å². The summed E-state index contributed by atoms with van der Waals surface area (Å²) in [4.78, 5) is 32.8. The summed E-state index contributed by atoms with van der Waals surface area (Å²) in [6.45, 7) is 0.243. The maximum atomic E-state index is 13.7. The number of halogens is 2. The first-order chi connectivity index (χ1) is 16.5. The molecule has 10 heteroatoms. The van der Waals surface area contributed by atoms with Gasteiger partial charge in [-0.1, -0.05) is 24.3 Å². The number of amides is 2. The highest BCUT2D eigenvalue weighted by Crippen LogP contribution is 2.20.